The average Bonchev–Trinajstić information content (AvgIpc) is 3.14. The predicted octanol–water partition coefficient (Wildman–Crippen LogP) is 2.05. The van der Waals surface area contributed by atoms with E-state index in [9.17, 15) is 9.59 Å². The second-order valence-electron chi connectivity index (χ2n) is 6.06. The Labute approximate surface area is 146 Å². The first kappa shape index (κ1) is 17.0. The number of amides is 1. The van der Waals surface area contributed by atoms with E-state index >= 15 is 0 Å². The Morgan fingerprint density at radius 2 is 2.20 bits per heavy atom. The lowest BCUT2D eigenvalue weighted by atomic mass is 10.1. The van der Waals surface area contributed by atoms with Crippen molar-refractivity contribution in [2.45, 2.75) is 19.4 Å². The van der Waals surface area contributed by atoms with Gasteiger partial charge in [0.2, 0.25) is 5.91 Å². The van der Waals surface area contributed by atoms with Gasteiger partial charge in [-0.3, -0.25) is 14.6 Å². The third-order valence-corrected chi connectivity index (χ3v) is 4.64. The Hall–Kier alpha value is -2.89. The molecule has 2 aromatic heterocycles. The van der Waals surface area contributed by atoms with Gasteiger partial charge in [-0.1, -0.05) is 6.58 Å². The van der Waals surface area contributed by atoms with Crippen molar-refractivity contribution in [3.63, 3.8) is 0 Å². The SMILES string of the molecule is C=CC(=O)N1CC[C@H](N(CC)c2cc(-c3ccncc3)c[nH]c2=O)C1. The van der Waals surface area contributed by atoms with Crippen LogP contribution in [0.5, 0.6) is 0 Å². The summed E-state index contributed by atoms with van der Waals surface area (Å²) in [5.41, 5.74) is 2.45. The van der Waals surface area contributed by atoms with Crippen LogP contribution in [-0.2, 0) is 4.79 Å². The van der Waals surface area contributed by atoms with Crippen molar-refractivity contribution in [3.8, 4) is 11.1 Å². The van der Waals surface area contributed by atoms with Gasteiger partial charge in [-0.25, -0.2) is 0 Å². The molecule has 2 aromatic rings. The maximum Gasteiger partial charge on any atom is 0.271 e. The summed E-state index contributed by atoms with van der Waals surface area (Å²) in [6.07, 6.45) is 7.36. The number of carbonyl (C=O) groups is 1. The van der Waals surface area contributed by atoms with E-state index in [0.717, 1.165) is 17.5 Å². The minimum absolute atomic E-state index is 0.0574. The number of likely N-dealkylation sites (N-methyl/N-ethyl adjacent to an activating group) is 1. The number of rotatable bonds is 5. The molecule has 6 heteroatoms. The third kappa shape index (κ3) is 3.47. The van der Waals surface area contributed by atoms with Gasteiger partial charge in [-0.2, -0.15) is 0 Å². The van der Waals surface area contributed by atoms with Crippen LogP contribution in [0.2, 0.25) is 0 Å². The second-order valence-corrected chi connectivity index (χ2v) is 6.06. The molecule has 1 fully saturated rings. The molecular formula is C19H22N4O2. The molecular weight excluding hydrogens is 316 g/mol. The van der Waals surface area contributed by atoms with Crippen molar-refractivity contribution >= 4 is 11.6 Å². The molecule has 1 atom stereocenters. The van der Waals surface area contributed by atoms with E-state index in [2.05, 4.69) is 21.4 Å². The summed E-state index contributed by atoms with van der Waals surface area (Å²) in [7, 11) is 0. The molecule has 0 unspecified atom stereocenters. The van der Waals surface area contributed by atoms with Gasteiger partial charge in [0.25, 0.3) is 5.56 Å². The first-order valence-corrected chi connectivity index (χ1v) is 8.45. The normalized spacial score (nSPS) is 16.7. The molecule has 6 nitrogen and oxygen atoms in total. The number of hydrogen-bond acceptors (Lipinski definition) is 4. The quantitative estimate of drug-likeness (QED) is 0.847. The van der Waals surface area contributed by atoms with E-state index in [1.54, 1.807) is 23.5 Å². The smallest absolute Gasteiger partial charge is 0.271 e. The van der Waals surface area contributed by atoms with Crippen LogP contribution in [0.1, 0.15) is 13.3 Å². The molecule has 1 aliphatic rings. The molecule has 0 radical (unpaired) electrons. The van der Waals surface area contributed by atoms with Gasteiger partial charge in [-0.15, -0.1) is 0 Å². The fourth-order valence-electron chi connectivity index (χ4n) is 3.35. The number of aromatic amines is 1. The fourth-order valence-corrected chi connectivity index (χ4v) is 3.35. The summed E-state index contributed by atoms with van der Waals surface area (Å²) in [6.45, 7) is 7.57. The largest absolute Gasteiger partial charge is 0.363 e. The topological polar surface area (TPSA) is 69.3 Å². The predicted molar refractivity (Wildman–Crippen MR) is 98.5 cm³/mol. The molecule has 1 saturated heterocycles. The summed E-state index contributed by atoms with van der Waals surface area (Å²) in [4.78, 5) is 35.0. The van der Waals surface area contributed by atoms with Crippen LogP contribution >= 0.6 is 0 Å². The number of H-pyrrole nitrogens is 1. The van der Waals surface area contributed by atoms with E-state index in [4.69, 9.17) is 0 Å². The summed E-state index contributed by atoms with van der Waals surface area (Å²) in [5, 5.41) is 0. The third-order valence-electron chi connectivity index (χ3n) is 4.64. The number of aromatic nitrogens is 2. The van der Waals surface area contributed by atoms with Gasteiger partial charge in [0.05, 0.1) is 0 Å². The first-order chi connectivity index (χ1) is 12.1. The number of hydrogen-bond donors (Lipinski definition) is 1. The number of nitrogens with one attached hydrogen (secondary N) is 1. The van der Waals surface area contributed by atoms with Crippen LogP contribution < -0.4 is 10.5 Å². The maximum absolute atomic E-state index is 12.4. The van der Waals surface area contributed by atoms with Crippen LogP contribution in [0.4, 0.5) is 5.69 Å². The van der Waals surface area contributed by atoms with Crippen molar-refractivity contribution in [1.29, 1.82) is 0 Å². The van der Waals surface area contributed by atoms with E-state index in [-0.39, 0.29) is 17.5 Å². The minimum Gasteiger partial charge on any atom is -0.363 e. The Balaban J connectivity index is 1.90. The Morgan fingerprint density at radius 1 is 1.44 bits per heavy atom. The molecule has 0 saturated carbocycles. The van der Waals surface area contributed by atoms with Crippen molar-refractivity contribution < 1.29 is 4.79 Å². The molecule has 0 spiro atoms. The van der Waals surface area contributed by atoms with E-state index in [1.807, 2.05) is 25.1 Å². The lowest BCUT2D eigenvalue weighted by Crippen LogP contribution is -2.41. The zero-order valence-electron chi connectivity index (χ0n) is 14.3. The van der Waals surface area contributed by atoms with Crippen LogP contribution in [0.3, 0.4) is 0 Å². The molecule has 0 aromatic carbocycles. The number of pyridine rings is 2. The highest BCUT2D eigenvalue weighted by Gasteiger charge is 2.30. The molecule has 1 aliphatic heterocycles. The molecule has 1 N–H and O–H groups in total. The van der Waals surface area contributed by atoms with Crippen molar-refractivity contribution in [1.82, 2.24) is 14.9 Å². The Bertz CT molecular complexity index is 816. The van der Waals surface area contributed by atoms with Crippen molar-refractivity contribution in [3.05, 3.63) is 59.8 Å². The minimum atomic E-state index is -0.117. The number of anilines is 1. The molecule has 0 aliphatic carbocycles. The van der Waals surface area contributed by atoms with Gasteiger partial charge in [0.1, 0.15) is 5.69 Å². The van der Waals surface area contributed by atoms with Gasteiger partial charge in [-0.05, 0) is 43.2 Å². The van der Waals surface area contributed by atoms with Crippen molar-refractivity contribution in [2.24, 2.45) is 0 Å². The molecule has 130 valence electrons. The van der Waals surface area contributed by atoms with Gasteiger partial charge in [0.15, 0.2) is 0 Å². The highest BCUT2D eigenvalue weighted by Crippen LogP contribution is 2.24. The lowest BCUT2D eigenvalue weighted by Gasteiger charge is -2.29. The average molecular weight is 338 g/mol. The second kappa shape index (κ2) is 7.34. The van der Waals surface area contributed by atoms with E-state index in [1.165, 1.54) is 6.08 Å². The van der Waals surface area contributed by atoms with E-state index in [0.29, 0.717) is 25.3 Å². The van der Waals surface area contributed by atoms with E-state index < -0.39 is 0 Å². The highest BCUT2D eigenvalue weighted by molar-refractivity contribution is 5.87. The van der Waals surface area contributed by atoms with Gasteiger partial charge >= 0.3 is 0 Å². The lowest BCUT2D eigenvalue weighted by molar-refractivity contribution is -0.125. The standard InChI is InChI=1S/C19H22N4O2/c1-3-18(24)22-10-7-16(13-22)23(4-2)17-11-15(12-21-19(17)25)14-5-8-20-9-6-14/h3,5-6,8-9,11-12,16H,1,4,7,10,13H2,2H3,(H,21,25)/t16-/m0/s1. The number of likely N-dealkylation sites (tertiary alicyclic amines) is 1. The molecule has 25 heavy (non-hydrogen) atoms. The van der Waals surface area contributed by atoms with Crippen LogP contribution in [0.25, 0.3) is 11.1 Å². The van der Waals surface area contributed by atoms with Crippen LogP contribution in [0.15, 0.2) is 54.2 Å². The van der Waals surface area contributed by atoms with Gasteiger partial charge in [0, 0.05) is 49.8 Å². The molecule has 0 bridgehead atoms. The van der Waals surface area contributed by atoms with Crippen LogP contribution in [0, 0.1) is 0 Å². The molecule has 3 rings (SSSR count). The van der Waals surface area contributed by atoms with Crippen molar-refractivity contribution in [2.75, 3.05) is 24.5 Å². The Kier molecular flexibility index (Phi) is 4.97. The summed E-state index contributed by atoms with van der Waals surface area (Å²) >= 11 is 0. The summed E-state index contributed by atoms with van der Waals surface area (Å²) in [5.74, 6) is -0.0574. The Morgan fingerprint density at radius 3 is 2.88 bits per heavy atom. The molecule has 3 heterocycles. The zero-order valence-corrected chi connectivity index (χ0v) is 14.3. The number of nitrogens with zero attached hydrogens (tertiary/aromatic N) is 3. The van der Waals surface area contributed by atoms with Gasteiger partial charge < -0.3 is 14.8 Å². The monoisotopic (exact) mass is 338 g/mol. The zero-order chi connectivity index (χ0) is 17.8. The molecule has 1 amide bonds. The number of carbonyl (C=O) groups excluding carboxylic acids is 1. The van der Waals surface area contributed by atoms with Crippen LogP contribution in [-0.4, -0.2) is 46.5 Å². The summed E-state index contributed by atoms with van der Waals surface area (Å²) in [6, 6.07) is 5.86. The highest BCUT2D eigenvalue weighted by atomic mass is 16.2. The first-order valence-electron chi connectivity index (χ1n) is 8.45. The summed E-state index contributed by atoms with van der Waals surface area (Å²) < 4.78 is 0. The fraction of sp³-hybridized carbons (Fsp3) is 0.316. The maximum atomic E-state index is 12.4.